The molecule has 2 heterocycles. The van der Waals surface area contributed by atoms with Crippen LogP contribution in [0.1, 0.15) is 22.9 Å². The second-order valence-electron chi connectivity index (χ2n) is 7.44. The molecule has 2 aromatic heterocycles. The summed E-state index contributed by atoms with van der Waals surface area (Å²) >= 11 is 0. The Kier molecular flexibility index (Phi) is 6.72. The lowest BCUT2D eigenvalue weighted by Gasteiger charge is -2.21. The number of nitrogens with zero attached hydrogens (tertiary/aromatic N) is 3. The van der Waals surface area contributed by atoms with Crippen LogP contribution in [0.2, 0.25) is 0 Å². The molecule has 2 aromatic carbocycles. The predicted octanol–water partition coefficient (Wildman–Crippen LogP) is 3.92. The lowest BCUT2D eigenvalue weighted by Crippen LogP contribution is -2.31. The first-order valence-corrected chi connectivity index (χ1v) is 11.7. The van der Waals surface area contributed by atoms with E-state index in [-0.39, 0.29) is 10.7 Å². The summed E-state index contributed by atoms with van der Waals surface area (Å²) in [7, 11) is -3.79. The lowest BCUT2D eigenvalue weighted by molar-refractivity contribution is 0.530. The smallest absolute Gasteiger partial charge is 0.242 e. The molecule has 0 bridgehead atoms. The lowest BCUT2D eigenvalue weighted by atomic mass is 10.0. The van der Waals surface area contributed by atoms with E-state index in [4.69, 9.17) is 0 Å². The zero-order valence-corrected chi connectivity index (χ0v) is 18.1. The van der Waals surface area contributed by atoms with Gasteiger partial charge in [-0.25, -0.2) is 22.5 Å². The van der Waals surface area contributed by atoms with E-state index in [1.807, 2.05) is 34.9 Å². The first kappa shape index (κ1) is 21.9. The van der Waals surface area contributed by atoms with Crippen molar-refractivity contribution in [1.82, 2.24) is 19.3 Å². The molecule has 6 nitrogen and oxygen atoms in total. The monoisotopic (exact) mass is 450 g/mol. The maximum absolute atomic E-state index is 13.2. The Morgan fingerprint density at radius 1 is 0.906 bits per heavy atom. The van der Waals surface area contributed by atoms with Crippen molar-refractivity contribution in [2.75, 3.05) is 0 Å². The van der Waals surface area contributed by atoms with Crippen molar-refractivity contribution in [1.29, 1.82) is 0 Å². The molecule has 0 saturated carbocycles. The van der Waals surface area contributed by atoms with Gasteiger partial charge in [0, 0.05) is 25.1 Å². The van der Waals surface area contributed by atoms with Gasteiger partial charge < -0.3 is 4.57 Å². The second-order valence-corrected chi connectivity index (χ2v) is 9.15. The number of halogens is 1. The van der Waals surface area contributed by atoms with Crippen LogP contribution < -0.4 is 4.72 Å². The molecule has 1 unspecified atom stereocenters. The highest BCUT2D eigenvalue weighted by molar-refractivity contribution is 7.89. The molecule has 0 aliphatic heterocycles. The van der Waals surface area contributed by atoms with Crippen molar-refractivity contribution in [2.24, 2.45) is 0 Å². The third-order valence-electron chi connectivity index (χ3n) is 5.18. The van der Waals surface area contributed by atoms with Gasteiger partial charge in [-0.1, -0.05) is 42.5 Å². The fourth-order valence-electron chi connectivity index (χ4n) is 3.53. The molecule has 4 rings (SSSR count). The van der Waals surface area contributed by atoms with Crippen molar-refractivity contribution in [3.05, 3.63) is 114 Å². The molecule has 1 atom stereocenters. The summed E-state index contributed by atoms with van der Waals surface area (Å²) in [4.78, 5) is 8.30. The molecule has 8 heteroatoms. The predicted molar refractivity (Wildman–Crippen MR) is 120 cm³/mol. The normalized spacial score (nSPS) is 12.5. The maximum Gasteiger partial charge on any atom is 0.242 e. The molecular formula is C24H23FN4O2S. The van der Waals surface area contributed by atoms with Crippen LogP contribution in [-0.4, -0.2) is 23.0 Å². The van der Waals surface area contributed by atoms with Gasteiger partial charge in [-0.3, -0.25) is 4.98 Å². The van der Waals surface area contributed by atoms with Gasteiger partial charge in [-0.15, -0.1) is 0 Å². The highest BCUT2D eigenvalue weighted by Gasteiger charge is 2.24. The third kappa shape index (κ3) is 5.46. The van der Waals surface area contributed by atoms with E-state index < -0.39 is 16.1 Å². The summed E-state index contributed by atoms with van der Waals surface area (Å²) < 4.78 is 44.0. The van der Waals surface area contributed by atoms with E-state index in [0.29, 0.717) is 19.4 Å². The summed E-state index contributed by atoms with van der Waals surface area (Å²) in [6.45, 7) is 0.584. The van der Waals surface area contributed by atoms with Crippen molar-refractivity contribution in [3.8, 4) is 0 Å². The quantitative estimate of drug-likeness (QED) is 0.419. The van der Waals surface area contributed by atoms with Crippen LogP contribution in [0.4, 0.5) is 4.39 Å². The molecule has 0 spiro atoms. The van der Waals surface area contributed by atoms with E-state index in [1.54, 1.807) is 30.7 Å². The van der Waals surface area contributed by atoms with Gasteiger partial charge in [0.05, 0.1) is 18.1 Å². The molecule has 0 aliphatic rings. The SMILES string of the molecule is O=S(=O)(NC(Cc1ccccc1)c1cncn1CCc1ccc(F)cc1)c1cccnc1. The Bertz CT molecular complexity index is 1240. The van der Waals surface area contributed by atoms with Gasteiger partial charge in [0.1, 0.15) is 10.7 Å². The number of nitrogens with one attached hydrogen (secondary N) is 1. The molecule has 0 amide bonds. The van der Waals surface area contributed by atoms with Gasteiger partial charge in [0.25, 0.3) is 0 Å². The van der Waals surface area contributed by atoms with Gasteiger partial charge in [0.2, 0.25) is 10.0 Å². The number of pyridine rings is 1. The van der Waals surface area contributed by atoms with E-state index in [0.717, 1.165) is 16.8 Å². The maximum atomic E-state index is 13.2. The second kappa shape index (κ2) is 9.84. The van der Waals surface area contributed by atoms with Crippen LogP contribution in [0.3, 0.4) is 0 Å². The third-order valence-corrected chi connectivity index (χ3v) is 6.64. The molecule has 0 aliphatic carbocycles. The van der Waals surface area contributed by atoms with Crippen molar-refractivity contribution in [2.45, 2.75) is 30.3 Å². The average Bonchev–Trinajstić information content (AvgIpc) is 3.28. The highest BCUT2D eigenvalue weighted by atomic mass is 32.2. The van der Waals surface area contributed by atoms with Crippen LogP contribution in [-0.2, 0) is 29.4 Å². The fraction of sp³-hybridized carbons (Fsp3) is 0.167. The summed E-state index contributed by atoms with van der Waals surface area (Å²) in [5.74, 6) is -0.273. The molecule has 164 valence electrons. The van der Waals surface area contributed by atoms with Crippen LogP contribution in [0, 0.1) is 5.82 Å². The number of aryl methyl sites for hydroxylation is 2. The summed E-state index contributed by atoms with van der Waals surface area (Å²) in [5.41, 5.74) is 2.74. The van der Waals surface area contributed by atoms with Crippen molar-refractivity contribution >= 4 is 10.0 Å². The summed E-state index contributed by atoms with van der Waals surface area (Å²) in [5, 5.41) is 0. The van der Waals surface area contributed by atoms with Gasteiger partial charge in [-0.2, -0.15) is 0 Å². The number of benzene rings is 2. The van der Waals surface area contributed by atoms with Gasteiger partial charge >= 0.3 is 0 Å². The topological polar surface area (TPSA) is 76.9 Å². The zero-order chi connectivity index (χ0) is 22.4. The number of rotatable bonds is 9. The Morgan fingerprint density at radius 3 is 2.41 bits per heavy atom. The Labute approximate surface area is 186 Å². The van der Waals surface area contributed by atoms with Crippen molar-refractivity contribution < 1.29 is 12.8 Å². The minimum Gasteiger partial charge on any atom is -0.333 e. The van der Waals surface area contributed by atoms with E-state index >= 15 is 0 Å². The molecule has 0 saturated heterocycles. The summed E-state index contributed by atoms with van der Waals surface area (Å²) in [6.07, 6.45) is 7.36. The first-order valence-electron chi connectivity index (χ1n) is 10.2. The number of aromatic nitrogens is 3. The Hall–Kier alpha value is -3.36. The molecular weight excluding hydrogens is 427 g/mol. The van der Waals surface area contributed by atoms with E-state index in [2.05, 4.69) is 14.7 Å². The molecule has 4 aromatic rings. The largest absolute Gasteiger partial charge is 0.333 e. The fourth-order valence-corrected chi connectivity index (χ4v) is 4.70. The van der Waals surface area contributed by atoms with E-state index in [1.165, 1.54) is 30.6 Å². The zero-order valence-electron chi connectivity index (χ0n) is 17.3. The summed E-state index contributed by atoms with van der Waals surface area (Å²) in [6, 6.07) is 18.6. The van der Waals surface area contributed by atoms with Gasteiger partial charge in [0.15, 0.2) is 0 Å². The van der Waals surface area contributed by atoms with Gasteiger partial charge in [-0.05, 0) is 48.2 Å². The Balaban J connectivity index is 1.60. The number of sulfonamides is 1. The highest BCUT2D eigenvalue weighted by Crippen LogP contribution is 2.22. The molecule has 1 N–H and O–H groups in total. The van der Waals surface area contributed by atoms with Crippen LogP contribution in [0.25, 0.3) is 0 Å². The van der Waals surface area contributed by atoms with Crippen molar-refractivity contribution in [3.63, 3.8) is 0 Å². The Morgan fingerprint density at radius 2 is 1.69 bits per heavy atom. The minimum absolute atomic E-state index is 0.107. The van der Waals surface area contributed by atoms with Crippen LogP contribution >= 0.6 is 0 Å². The minimum atomic E-state index is -3.79. The molecule has 32 heavy (non-hydrogen) atoms. The number of hydrogen-bond acceptors (Lipinski definition) is 4. The average molecular weight is 451 g/mol. The van der Waals surface area contributed by atoms with E-state index in [9.17, 15) is 12.8 Å². The van der Waals surface area contributed by atoms with Crippen LogP contribution in [0.5, 0.6) is 0 Å². The molecule has 0 radical (unpaired) electrons. The number of hydrogen-bond donors (Lipinski definition) is 1. The molecule has 0 fully saturated rings. The number of imidazole rings is 1. The standard InChI is InChI=1S/C24H23FN4O2S/c25-21-10-8-19(9-11-21)12-14-29-18-27-17-24(29)23(15-20-5-2-1-3-6-20)28-32(30,31)22-7-4-13-26-16-22/h1-11,13,16-18,23,28H,12,14-15H2. The van der Waals surface area contributed by atoms with Crippen LogP contribution in [0.15, 0.2) is 96.5 Å². The first-order chi connectivity index (χ1) is 15.5.